The van der Waals surface area contributed by atoms with Gasteiger partial charge in [0, 0.05) is 19.7 Å². The Morgan fingerprint density at radius 2 is 2.10 bits per heavy atom. The smallest absolute Gasteiger partial charge is 0.150 e. The molecule has 1 rings (SSSR count). The number of hydrogen-bond acceptors (Lipinski definition) is 2. The lowest BCUT2D eigenvalue weighted by Crippen LogP contribution is -2.00. The number of carbonyl (C=O) groups excluding carboxylic acids is 1. The minimum absolute atomic E-state index is 0.296. The Kier molecular flexibility index (Phi) is 2.55. The van der Waals surface area contributed by atoms with Crippen LogP contribution in [-0.2, 0) is 0 Å². The highest BCUT2D eigenvalue weighted by molar-refractivity contribution is 7.41. The number of carbonyl (C=O) groups is 1. The highest BCUT2D eigenvalue weighted by Crippen LogP contribution is 2.05. The third-order valence-corrected chi connectivity index (χ3v) is 1.90. The van der Waals surface area contributed by atoms with Crippen molar-refractivity contribution < 1.29 is 9.69 Å². The van der Waals surface area contributed by atoms with E-state index in [2.05, 4.69) is 0 Å². The maximum absolute atomic E-state index is 10.3. The third-order valence-electron chi connectivity index (χ3n) is 1.21. The van der Waals surface area contributed by atoms with Gasteiger partial charge < -0.3 is 4.89 Å². The molecular weight excluding hydrogens is 147 g/mol. The molecule has 0 aliphatic carbocycles. The molecule has 0 aromatic heterocycles. The van der Waals surface area contributed by atoms with E-state index in [9.17, 15) is 4.79 Å². The Morgan fingerprint density at radius 1 is 1.40 bits per heavy atom. The van der Waals surface area contributed by atoms with Crippen LogP contribution in [0, 0.1) is 0 Å². The predicted molar refractivity (Wildman–Crippen MR) is 42.0 cm³/mol. The first-order valence-electron chi connectivity index (χ1n) is 2.83. The summed E-state index contributed by atoms with van der Waals surface area (Å²) < 4.78 is 0. The lowest BCUT2D eigenvalue weighted by atomic mass is 10.2. The summed E-state index contributed by atoms with van der Waals surface area (Å²) in [6.07, 6.45) is 0.749. The molecule has 0 aliphatic heterocycles. The molecular formula is C7H7O2P. The number of rotatable bonds is 2. The fraction of sp³-hybridized carbons (Fsp3) is 0. The average Bonchev–Trinajstić information content (AvgIpc) is 2.04. The molecule has 2 nitrogen and oxygen atoms in total. The minimum atomic E-state index is -0.296. The second-order valence-electron chi connectivity index (χ2n) is 1.82. The van der Waals surface area contributed by atoms with Gasteiger partial charge in [-0.05, 0) is 0 Å². The van der Waals surface area contributed by atoms with Crippen molar-refractivity contribution in [3.05, 3.63) is 29.8 Å². The molecule has 0 spiro atoms. The predicted octanol–water partition coefficient (Wildman–Crippen LogP) is 0.710. The molecule has 0 radical (unpaired) electrons. The summed E-state index contributed by atoms with van der Waals surface area (Å²) in [6, 6.07) is 6.99. The maximum Gasteiger partial charge on any atom is 0.150 e. The van der Waals surface area contributed by atoms with Crippen molar-refractivity contribution in [3.8, 4) is 0 Å². The molecule has 3 heteroatoms. The van der Waals surface area contributed by atoms with E-state index in [1.165, 1.54) is 0 Å². The van der Waals surface area contributed by atoms with Crippen LogP contribution in [0.2, 0.25) is 0 Å². The molecule has 1 aromatic carbocycles. The summed E-state index contributed by atoms with van der Waals surface area (Å²) in [7, 11) is -0.296. The van der Waals surface area contributed by atoms with Gasteiger partial charge in [-0.1, -0.05) is 24.3 Å². The quantitative estimate of drug-likeness (QED) is 0.503. The van der Waals surface area contributed by atoms with Crippen molar-refractivity contribution in [1.29, 1.82) is 0 Å². The van der Waals surface area contributed by atoms with Crippen LogP contribution in [-0.4, -0.2) is 11.2 Å². The fourth-order valence-corrected chi connectivity index (χ4v) is 1.14. The normalized spacial score (nSPS) is 10.5. The van der Waals surface area contributed by atoms with Gasteiger partial charge in [-0.2, -0.15) is 0 Å². The van der Waals surface area contributed by atoms with Crippen molar-refractivity contribution >= 4 is 20.4 Å². The first kappa shape index (κ1) is 7.39. The van der Waals surface area contributed by atoms with Crippen molar-refractivity contribution in [1.82, 2.24) is 0 Å². The fourth-order valence-electron chi connectivity index (χ4n) is 0.702. The van der Waals surface area contributed by atoms with E-state index in [1.54, 1.807) is 24.3 Å². The molecule has 1 atom stereocenters. The standard InChI is InChI=1S/C7H7O2P/c8-5-6-3-1-2-4-7(6)10-9/h1-5,9-10H. The first-order chi connectivity index (χ1) is 4.88. The van der Waals surface area contributed by atoms with E-state index in [0.717, 1.165) is 6.29 Å². The summed E-state index contributed by atoms with van der Waals surface area (Å²) in [5.41, 5.74) is 0.573. The lowest BCUT2D eigenvalue weighted by Gasteiger charge is -1.96. The SMILES string of the molecule is O=Cc1ccccc1PO. The van der Waals surface area contributed by atoms with Crippen LogP contribution in [0.1, 0.15) is 10.4 Å². The Hall–Kier alpha value is -0.720. The summed E-state index contributed by atoms with van der Waals surface area (Å²) >= 11 is 0. The van der Waals surface area contributed by atoms with Gasteiger partial charge in [0.15, 0.2) is 6.29 Å². The van der Waals surface area contributed by atoms with Gasteiger partial charge in [0.2, 0.25) is 0 Å². The molecule has 0 aliphatic rings. The molecule has 52 valence electrons. The zero-order valence-electron chi connectivity index (χ0n) is 5.24. The van der Waals surface area contributed by atoms with Crippen LogP contribution in [0.15, 0.2) is 24.3 Å². The van der Waals surface area contributed by atoms with Crippen LogP contribution >= 0.6 is 8.81 Å². The minimum Gasteiger partial charge on any atom is -0.372 e. The van der Waals surface area contributed by atoms with Gasteiger partial charge in [0.05, 0.1) is 0 Å². The Balaban J connectivity index is 3.08. The van der Waals surface area contributed by atoms with Gasteiger partial charge in [-0.3, -0.25) is 4.79 Å². The third kappa shape index (κ3) is 1.41. The molecule has 0 fully saturated rings. The van der Waals surface area contributed by atoms with Crippen LogP contribution in [0.4, 0.5) is 0 Å². The second kappa shape index (κ2) is 3.45. The zero-order valence-corrected chi connectivity index (χ0v) is 6.24. The van der Waals surface area contributed by atoms with Crippen molar-refractivity contribution in [2.45, 2.75) is 0 Å². The molecule has 0 amide bonds. The molecule has 1 aromatic rings. The van der Waals surface area contributed by atoms with E-state index in [-0.39, 0.29) is 8.81 Å². The van der Waals surface area contributed by atoms with Crippen molar-refractivity contribution in [3.63, 3.8) is 0 Å². The summed E-state index contributed by atoms with van der Waals surface area (Å²) in [5.74, 6) is 0. The summed E-state index contributed by atoms with van der Waals surface area (Å²) in [6.45, 7) is 0. The molecule has 1 N–H and O–H groups in total. The van der Waals surface area contributed by atoms with Crippen LogP contribution in [0.5, 0.6) is 0 Å². The number of hydrogen-bond donors (Lipinski definition) is 1. The van der Waals surface area contributed by atoms with Crippen LogP contribution < -0.4 is 5.30 Å². The van der Waals surface area contributed by atoms with E-state index >= 15 is 0 Å². The van der Waals surface area contributed by atoms with E-state index in [1.807, 2.05) is 0 Å². The highest BCUT2D eigenvalue weighted by atomic mass is 31.1. The Labute approximate surface area is 60.8 Å². The summed E-state index contributed by atoms with van der Waals surface area (Å²) in [5, 5.41) is 0.706. The van der Waals surface area contributed by atoms with E-state index in [4.69, 9.17) is 4.89 Å². The van der Waals surface area contributed by atoms with Crippen LogP contribution in [0.25, 0.3) is 0 Å². The average molecular weight is 154 g/mol. The highest BCUT2D eigenvalue weighted by Gasteiger charge is 1.96. The van der Waals surface area contributed by atoms with E-state index in [0.29, 0.717) is 10.9 Å². The lowest BCUT2D eigenvalue weighted by molar-refractivity contribution is 0.112. The van der Waals surface area contributed by atoms with Crippen LogP contribution in [0.3, 0.4) is 0 Å². The Morgan fingerprint density at radius 3 is 2.60 bits per heavy atom. The number of benzene rings is 1. The van der Waals surface area contributed by atoms with Gasteiger partial charge in [-0.25, -0.2) is 0 Å². The largest absolute Gasteiger partial charge is 0.372 e. The summed E-state index contributed by atoms with van der Waals surface area (Å²) in [4.78, 5) is 19.0. The molecule has 0 bridgehead atoms. The molecule has 10 heavy (non-hydrogen) atoms. The van der Waals surface area contributed by atoms with Gasteiger partial charge in [-0.15, -0.1) is 0 Å². The monoisotopic (exact) mass is 154 g/mol. The topological polar surface area (TPSA) is 37.3 Å². The first-order valence-corrected chi connectivity index (χ1v) is 3.77. The van der Waals surface area contributed by atoms with Gasteiger partial charge in [0.25, 0.3) is 0 Å². The maximum atomic E-state index is 10.3. The molecule has 0 heterocycles. The molecule has 0 saturated carbocycles. The van der Waals surface area contributed by atoms with Gasteiger partial charge in [0.1, 0.15) is 0 Å². The van der Waals surface area contributed by atoms with Crippen molar-refractivity contribution in [2.24, 2.45) is 0 Å². The Bertz CT molecular complexity index is 235. The van der Waals surface area contributed by atoms with E-state index < -0.39 is 0 Å². The number of aldehydes is 1. The zero-order chi connectivity index (χ0) is 7.40. The molecule has 0 saturated heterocycles. The second-order valence-corrected chi connectivity index (χ2v) is 2.58. The van der Waals surface area contributed by atoms with Gasteiger partial charge >= 0.3 is 0 Å². The molecule has 1 unspecified atom stereocenters. The van der Waals surface area contributed by atoms with Crippen molar-refractivity contribution in [2.75, 3.05) is 0 Å².